The molecule has 1 aromatic rings. The number of carbonyl (C=O) groups excluding carboxylic acids is 1. The molecule has 5 atom stereocenters. The molecule has 5 rings (SSSR count). The van der Waals surface area contributed by atoms with Gasteiger partial charge in [-0.2, -0.15) is 0 Å². The first-order valence-corrected chi connectivity index (χ1v) is 11.2. The number of likely N-dealkylation sites (N-methyl/N-ethyl adjacent to an activating group) is 1. The molecule has 3 nitrogen and oxygen atoms in total. The highest BCUT2D eigenvalue weighted by Crippen LogP contribution is 2.65. The van der Waals surface area contributed by atoms with E-state index in [-0.39, 0.29) is 22.6 Å². The van der Waals surface area contributed by atoms with Gasteiger partial charge in [0.05, 0.1) is 6.20 Å². The predicted octanol–water partition coefficient (Wildman–Crippen LogP) is 5.41. The molecule has 1 aromatic heterocycles. The molecule has 0 radical (unpaired) electrons. The summed E-state index contributed by atoms with van der Waals surface area (Å²) in [4.78, 5) is 18.5. The van der Waals surface area contributed by atoms with E-state index in [1.54, 1.807) is 12.3 Å². The second-order valence-corrected chi connectivity index (χ2v) is 10.3. The lowest BCUT2D eigenvalue weighted by molar-refractivity contribution is -0.124. The number of nitrogens with zero attached hydrogens (tertiary/aromatic N) is 2. The summed E-state index contributed by atoms with van der Waals surface area (Å²) in [5.41, 5.74) is 4.99. The van der Waals surface area contributed by atoms with Crippen molar-refractivity contribution >= 4 is 11.5 Å². The zero-order chi connectivity index (χ0) is 21.3. The maximum Gasteiger partial charge on any atom is 0.246 e. The Balaban J connectivity index is 1.52. The first-order chi connectivity index (χ1) is 14.2. The van der Waals surface area contributed by atoms with Gasteiger partial charge < -0.3 is 4.90 Å². The Bertz CT molecular complexity index is 1010. The zero-order valence-electron chi connectivity index (χ0n) is 18.4. The Kier molecular flexibility index (Phi) is 4.36. The van der Waals surface area contributed by atoms with Gasteiger partial charge in [-0.25, -0.2) is 4.39 Å². The summed E-state index contributed by atoms with van der Waals surface area (Å²) in [5, 5.41) is 0. The van der Waals surface area contributed by atoms with Crippen LogP contribution in [0.5, 0.6) is 0 Å². The van der Waals surface area contributed by atoms with Gasteiger partial charge in [0, 0.05) is 31.3 Å². The van der Waals surface area contributed by atoms with Crippen molar-refractivity contribution in [3.05, 3.63) is 59.2 Å². The molecule has 0 N–H and O–H groups in total. The quantitative estimate of drug-likeness (QED) is 0.625. The number of rotatable bonds is 1. The SMILES string of the molecule is CC1C[C@H]2C3=CC=C(c4cncc(F)c4)[C@@]3(C)CC[C@@H]2[C@@]2(C)CCN(C)C(=O)C=C12. The molecule has 0 spiro atoms. The third kappa shape index (κ3) is 2.68. The number of hydrogen-bond acceptors (Lipinski definition) is 2. The molecular weight excluding hydrogens is 375 g/mol. The summed E-state index contributed by atoms with van der Waals surface area (Å²) in [7, 11) is 1.92. The van der Waals surface area contributed by atoms with E-state index in [1.807, 2.05) is 18.0 Å². The predicted molar refractivity (Wildman–Crippen MR) is 117 cm³/mol. The highest BCUT2D eigenvalue weighted by atomic mass is 19.1. The molecule has 0 saturated heterocycles. The zero-order valence-corrected chi connectivity index (χ0v) is 18.4. The summed E-state index contributed by atoms with van der Waals surface area (Å²) >= 11 is 0. The topological polar surface area (TPSA) is 33.2 Å². The van der Waals surface area contributed by atoms with E-state index in [0.29, 0.717) is 17.8 Å². The number of hydrogen-bond donors (Lipinski definition) is 0. The molecule has 1 aliphatic heterocycles. The molecular formula is C26H31FN2O. The van der Waals surface area contributed by atoms with E-state index in [2.05, 4.69) is 37.9 Å². The Morgan fingerprint density at radius 1 is 1.17 bits per heavy atom. The summed E-state index contributed by atoms with van der Waals surface area (Å²) < 4.78 is 13.9. The van der Waals surface area contributed by atoms with Crippen LogP contribution in [0.1, 0.15) is 52.0 Å². The van der Waals surface area contributed by atoms with E-state index in [9.17, 15) is 9.18 Å². The number of allylic oxidation sites excluding steroid dienone is 5. The lowest BCUT2D eigenvalue weighted by atomic mass is 9.47. The summed E-state index contributed by atoms with van der Waals surface area (Å²) in [5.74, 6) is 1.34. The molecule has 0 aromatic carbocycles. The van der Waals surface area contributed by atoms with Gasteiger partial charge in [-0.3, -0.25) is 9.78 Å². The summed E-state index contributed by atoms with van der Waals surface area (Å²) in [6.07, 6.45) is 13.9. The average Bonchev–Trinajstić information content (AvgIpc) is 3.01. The third-order valence-corrected chi connectivity index (χ3v) is 8.76. The lowest BCUT2D eigenvalue weighted by Crippen LogP contribution is -2.48. The lowest BCUT2D eigenvalue weighted by Gasteiger charge is -2.56. The number of pyridine rings is 1. The van der Waals surface area contributed by atoms with Gasteiger partial charge >= 0.3 is 0 Å². The Hall–Kier alpha value is -2.23. The van der Waals surface area contributed by atoms with Gasteiger partial charge in [-0.05, 0) is 66.1 Å². The molecule has 2 saturated carbocycles. The first kappa shape index (κ1) is 19.7. The fourth-order valence-electron chi connectivity index (χ4n) is 7.07. The number of aromatic nitrogens is 1. The van der Waals surface area contributed by atoms with Gasteiger partial charge in [-0.1, -0.05) is 44.1 Å². The fourth-order valence-corrected chi connectivity index (χ4v) is 7.07. The molecule has 2 heterocycles. The number of halogens is 1. The second kappa shape index (κ2) is 6.63. The van der Waals surface area contributed by atoms with E-state index >= 15 is 0 Å². The van der Waals surface area contributed by atoms with Crippen molar-refractivity contribution in [1.29, 1.82) is 0 Å². The van der Waals surface area contributed by atoms with Crippen LogP contribution in [0.15, 0.2) is 47.8 Å². The highest BCUT2D eigenvalue weighted by Gasteiger charge is 2.55. The van der Waals surface area contributed by atoms with Crippen LogP contribution in [0.2, 0.25) is 0 Å². The third-order valence-electron chi connectivity index (χ3n) is 8.76. The minimum atomic E-state index is -0.278. The monoisotopic (exact) mass is 406 g/mol. The van der Waals surface area contributed by atoms with E-state index < -0.39 is 0 Å². The molecule has 1 amide bonds. The number of amides is 1. The average molecular weight is 407 g/mol. The summed E-state index contributed by atoms with van der Waals surface area (Å²) in [6.45, 7) is 7.86. The summed E-state index contributed by atoms with van der Waals surface area (Å²) in [6, 6.07) is 1.62. The van der Waals surface area contributed by atoms with Crippen molar-refractivity contribution in [2.24, 2.45) is 28.6 Å². The van der Waals surface area contributed by atoms with Crippen LogP contribution in [0, 0.1) is 34.4 Å². The minimum absolute atomic E-state index is 0.0503. The maximum absolute atomic E-state index is 13.9. The maximum atomic E-state index is 13.9. The Morgan fingerprint density at radius 3 is 2.73 bits per heavy atom. The largest absolute Gasteiger partial charge is 0.342 e. The second-order valence-electron chi connectivity index (χ2n) is 10.3. The number of carbonyl (C=O) groups is 1. The highest BCUT2D eigenvalue weighted by molar-refractivity contribution is 5.89. The van der Waals surface area contributed by atoms with Crippen LogP contribution in [0.3, 0.4) is 0 Å². The van der Waals surface area contributed by atoms with Crippen LogP contribution in [0.25, 0.3) is 5.57 Å². The molecule has 4 heteroatoms. The molecule has 4 aliphatic rings. The van der Waals surface area contributed by atoms with Gasteiger partial charge in [0.2, 0.25) is 5.91 Å². The standard InChI is InChI=1S/C26H31FN2O/c1-16-11-19-21-6-5-20(17-12-18(27)15-28-14-17)25(21,2)8-7-22(19)26(3)9-10-29(4)24(30)13-23(16)26/h5-6,12-16,19,22H,7-11H2,1-4H3/t16?,19-,22-,25+,26+/m0/s1. The van der Waals surface area contributed by atoms with Crippen molar-refractivity contribution in [3.63, 3.8) is 0 Å². The van der Waals surface area contributed by atoms with Gasteiger partial charge in [0.15, 0.2) is 0 Å². The van der Waals surface area contributed by atoms with Gasteiger partial charge in [0.1, 0.15) is 5.82 Å². The van der Waals surface area contributed by atoms with Crippen molar-refractivity contribution in [3.8, 4) is 0 Å². The molecule has 0 bridgehead atoms. The van der Waals surface area contributed by atoms with E-state index in [1.165, 1.54) is 22.9 Å². The van der Waals surface area contributed by atoms with Crippen LogP contribution >= 0.6 is 0 Å². The minimum Gasteiger partial charge on any atom is -0.342 e. The first-order valence-electron chi connectivity index (χ1n) is 11.2. The smallest absolute Gasteiger partial charge is 0.246 e. The van der Waals surface area contributed by atoms with E-state index in [4.69, 9.17) is 0 Å². The van der Waals surface area contributed by atoms with Crippen molar-refractivity contribution < 1.29 is 9.18 Å². The van der Waals surface area contributed by atoms with Crippen LogP contribution in [-0.2, 0) is 4.79 Å². The normalized spacial score (nSPS) is 38.0. The molecule has 2 fully saturated rings. The van der Waals surface area contributed by atoms with Gasteiger partial charge in [0.25, 0.3) is 0 Å². The molecule has 1 unspecified atom stereocenters. The van der Waals surface area contributed by atoms with Gasteiger partial charge in [-0.15, -0.1) is 0 Å². The van der Waals surface area contributed by atoms with Crippen LogP contribution in [0.4, 0.5) is 4.39 Å². The molecule has 30 heavy (non-hydrogen) atoms. The van der Waals surface area contributed by atoms with Crippen molar-refractivity contribution in [1.82, 2.24) is 9.88 Å². The van der Waals surface area contributed by atoms with Crippen LogP contribution in [-0.4, -0.2) is 29.4 Å². The molecule has 158 valence electrons. The van der Waals surface area contributed by atoms with Crippen LogP contribution < -0.4 is 0 Å². The molecule has 3 aliphatic carbocycles. The van der Waals surface area contributed by atoms with Crippen molar-refractivity contribution in [2.45, 2.75) is 46.5 Å². The Labute approximate surface area is 178 Å². The van der Waals surface area contributed by atoms with E-state index in [0.717, 1.165) is 37.8 Å². The number of fused-ring (bicyclic) bond motifs is 5. The Morgan fingerprint density at radius 2 is 1.97 bits per heavy atom. The fraction of sp³-hybridized carbons (Fsp3) is 0.538. The van der Waals surface area contributed by atoms with Crippen molar-refractivity contribution in [2.75, 3.05) is 13.6 Å².